The SMILES string of the molecule is CCOCC(C)(O)c1ccc(C)cc1C. The summed E-state index contributed by atoms with van der Waals surface area (Å²) in [6.07, 6.45) is 0. The van der Waals surface area contributed by atoms with Gasteiger partial charge in [-0.3, -0.25) is 0 Å². The number of ether oxygens (including phenoxy) is 1. The van der Waals surface area contributed by atoms with Crippen LogP contribution in [0.2, 0.25) is 0 Å². The fraction of sp³-hybridized carbons (Fsp3) is 0.538. The molecule has 0 aliphatic carbocycles. The Hall–Kier alpha value is -0.860. The molecule has 84 valence electrons. The van der Waals surface area contributed by atoms with Crippen LogP contribution >= 0.6 is 0 Å². The molecule has 2 nitrogen and oxygen atoms in total. The molecule has 0 amide bonds. The highest BCUT2D eigenvalue weighted by Crippen LogP contribution is 2.25. The minimum Gasteiger partial charge on any atom is -0.383 e. The molecule has 1 N–H and O–H groups in total. The van der Waals surface area contributed by atoms with Crippen LogP contribution in [0.15, 0.2) is 18.2 Å². The van der Waals surface area contributed by atoms with Crippen molar-refractivity contribution in [3.05, 3.63) is 34.9 Å². The van der Waals surface area contributed by atoms with Crippen molar-refractivity contribution >= 4 is 0 Å². The van der Waals surface area contributed by atoms with Crippen molar-refractivity contribution < 1.29 is 9.84 Å². The van der Waals surface area contributed by atoms with Gasteiger partial charge >= 0.3 is 0 Å². The molecule has 0 bridgehead atoms. The van der Waals surface area contributed by atoms with Crippen LogP contribution in [0.1, 0.15) is 30.5 Å². The van der Waals surface area contributed by atoms with Gasteiger partial charge in [-0.1, -0.05) is 23.8 Å². The molecule has 1 unspecified atom stereocenters. The quantitative estimate of drug-likeness (QED) is 0.824. The first-order valence-corrected chi connectivity index (χ1v) is 5.35. The minimum absolute atomic E-state index is 0.341. The molecule has 0 aromatic heterocycles. The van der Waals surface area contributed by atoms with E-state index < -0.39 is 5.60 Å². The van der Waals surface area contributed by atoms with Gasteiger partial charge in [0.05, 0.1) is 6.61 Å². The highest BCUT2D eigenvalue weighted by atomic mass is 16.5. The first-order valence-electron chi connectivity index (χ1n) is 5.35. The van der Waals surface area contributed by atoms with Crippen LogP contribution in [0.25, 0.3) is 0 Å². The van der Waals surface area contributed by atoms with Gasteiger partial charge in [0, 0.05) is 6.61 Å². The van der Waals surface area contributed by atoms with Crippen LogP contribution in [0, 0.1) is 13.8 Å². The van der Waals surface area contributed by atoms with Gasteiger partial charge < -0.3 is 9.84 Å². The molecule has 1 aromatic carbocycles. The summed E-state index contributed by atoms with van der Waals surface area (Å²) in [4.78, 5) is 0. The summed E-state index contributed by atoms with van der Waals surface area (Å²) in [5, 5.41) is 10.3. The van der Waals surface area contributed by atoms with Gasteiger partial charge in [-0.15, -0.1) is 0 Å². The number of aliphatic hydroxyl groups is 1. The summed E-state index contributed by atoms with van der Waals surface area (Å²) >= 11 is 0. The van der Waals surface area contributed by atoms with Gasteiger partial charge in [0.2, 0.25) is 0 Å². The number of hydrogen-bond donors (Lipinski definition) is 1. The maximum absolute atomic E-state index is 10.3. The fourth-order valence-electron chi connectivity index (χ4n) is 1.80. The van der Waals surface area contributed by atoms with Gasteiger partial charge in [0.25, 0.3) is 0 Å². The van der Waals surface area contributed by atoms with Crippen molar-refractivity contribution in [2.24, 2.45) is 0 Å². The van der Waals surface area contributed by atoms with E-state index in [1.165, 1.54) is 5.56 Å². The lowest BCUT2D eigenvalue weighted by atomic mass is 9.92. The summed E-state index contributed by atoms with van der Waals surface area (Å²) in [5.41, 5.74) is 2.37. The van der Waals surface area contributed by atoms with E-state index in [4.69, 9.17) is 4.74 Å². The summed E-state index contributed by atoms with van der Waals surface area (Å²) < 4.78 is 5.29. The van der Waals surface area contributed by atoms with Gasteiger partial charge in [-0.25, -0.2) is 0 Å². The molecule has 2 heteroatoms. The summed E-state index contributed by atoms with van der Waals surface area (Å²) in [7, 11) is 0. The molecule has 1 rings (SSSR count). The maximum atomic E-state index is 10.3. The molecule has 0 fully saturated rings. The lowest BCUT2D eigenvalue weighted by molar-refractivity contribution is -0.0347. The molecule has 0 spiro atoms. The Balaban J connectivity index is 2.93. The summed E-state index contributed by atoms with van der Waals surface area (Å²) in [5.74, 6) is 0. The van der Waals surface area contributed by atoms with E-state index in [0.29, 0.717) is 13.2 Å². The zero-order valence-electron chi connectivity index (χ0n) is 10.0. The number of benzene rings is 1. The Kier molecular flexibility index (Phi) is 3.89. The lowest BCUT2D eigenvalue weighted by Gasteiger charge is -2.25. The van der Waals surface area contributed by atoms with Crippen molar-refractivity contribution in [3.63, 3.8) is 0 Å². The Bertz CT molecular complexity index is 329. The lowest BCUT2D eigenvalue weighted by Crippen LogP contribution is -2.28. The molecule has 1 atom stereocenters. The average molecular weight is 208 g/mol. The standard InChI is InChI=1S/C13H20O2/c1-5-15-9-13(4,14)12-7-6-10(2)8-11(12)3/h6-8,14H,5,9H2,1-4H3. The molecule has 0 heterocycles. The molecule has 0 saturated carbocycles. The van der Waals surface area contributed by atoms with E-state index in [9.17, 15) is 5.11 Å². The monoisotopic (exact) mass is 208 g/mol. The Morgan fingerprint density at radius 3 is 2.53 bits per heavy atom. The molecule has 0 saturated heterocycles. The van der Waals surface area contributed by atoms with Crippen LogP contribution in [0.5, 0.6) is 0 Å². The van der Waals surface area contributed by atoms with Crippen molar-refractivity contribution in [3.8, 4) is 0 Å². The van der Waals surface area contributed by atoms with Crippen LogP contribution in [0.3, 0.4) is 0 Å². The van der Waals surface area contributed by atoms with Crippen molar-refractivity contribution in [1.29, 1.82) is 0 Å². The zero-order chi connectivity index (χ0) is 11.5. The third-order valence-electron chi connectivity index (χ3n) is 2.55. The second-order valence-corrected chi connectivity index (χ2v) is 4.23. The normalized spacial score (nSPS) is 15.0. The minimum atomic E-state index is -0.895. The van der Waals surface area contributed by atoms with E-state index in [-0.39, 0.29) is 0 Å². The van der Waals surface area contributed by atoms with Gasteiger partial charge in [0.1, 0.15) is 5.60 Å². The number of hydrogen-bond acceptors (Lipinski definition) is 2. The summed E-state index contributed by atoms with van der Waals surface area (Å²) in [6.45, 7) is 8.75. The zero-order valence-corrected chi connectivity index (χ0v) is 10.0. The fourth-order valence-corrected chi connectivity index (χ4v) is 1.80. The number of rotatable bonds is 4. The smallest absolute Gasteiger partial charge is 0.110 e. The summed E-state index contributed by atoms with van der Waals surface area (Å²) in [6, 6.07) is 6.07. The van der Waals surface area contributed by atoms with Gasteiger partial charge in [-0.05, 0) is 38.8 Å². The Morgan fingerprint density at radius 2 is 2.00 bits per heavy atom. The van der Waals surface area contributed by atoms with E-state index in [0.717, 1.165) is 11.1 Å². The van der Waals surface area contributed by atoms with Crippen molar-refractivity contribution in [2.75, 3.05) is 13.2 Å². The van der Waals surface area contributed by atoms with Gasteiger partial charge in [-0.2, -0.15) is 0 Å². The molecular formula is C13H20O2. The highest BCUT2D eigenvalue weighted by Gasteiger charge is 2.24. The van der Waals surface area contributed by atoms with E-state index >= 15 is 0 Å². The molecule has 15 heavy (non-hydrogen) atoms. The van der Waals surface area contributed by atoms with Crippen LogP contribution in [-0.4, -0.2) is 18.3 Å². The molecule has 1 aromatic rings. The molecular weight excluding hydrogens is 188 g/mol. The average Bonchev–Trinajstić information content (AvgIpc) is 2.14. The van der Waals surface area contributed by atoms with Crippen molar-refractivity contribution in [1.82, 2.24) is 0 Å². The van der Waals surface area contributed by atoms with E-state index in [1.54, 1.807) is 6.92 Å². The van der Waals surface area contributed by atoms with Crippen LogP contribution in [-0.2, 0) is 10.3 Å². The van der Waals surface area contributed by atoms with Crippen LogP contribution < -0.4 is 0 Å². The second-order valence-electron chi connectivity index (χ2n) is 4.23. The molecule has 0 radical (unpaired) electrons. The predicted octanol–water partition coefficient (Wildman–Crippen LogP) is 2.55. The highest BCUT2D eigenvalue weighted by molar-refractivity contribution is 5.34. The number of aryl methyl sites for hydroxylation is 2. The van der Waals surface area contributed by atoms with E-state index in [2.05, 4.69) is 6.07 Å². The largest absolute Gasteiger partial charge is 0.383 e. The first kappa shape index (κ1) is 12.2. The molecule has 0 aliphatic heterocycles. The third-order valence-corrected chi connectivity index (χ3v) is 2.55. The molecule has 0 aliphatic rings. The maximum Gasteiger partial charge on any atom is 0.110 e. The van der Waals surface area contributed by atoms with Crippen molar-refractivity contribution in [2.45, 2.75) is 33.3 Å². The third kappa shape index (κ3) is 3.05. The van der Waals surface area contributed by atoms with Gasteiger partial charge in [0.15, 0.2) is 0 Å². The second kappa shape index (κ2) is 4.77. The Morgan fingerprint density at radius 1 is 1.33 bits per heavy atom. The topological polar surface area (TPSA) is 29.5 Å². The van der Waals surface area contributed by atoms with E-state index in [1.807, 2.05) is 32.9 Å². The first-order chi connectivity index (χ1) is 6.97. The predicted molar refractivity (Wildman–Crippen MR) is 62.0 cm³/mol. The Labute approximate surface area is 91.9 Å². The van der Waals surface area contributed by atoms with Crippen LogP contribution in [0.4, 0.5) is 0 Å².